The van der Waals surface area contributed by atoms with Crippen LogP contribution in [0.3, 0.4) is 0 Å². The van der Waals surface area contributed by atoms with Crippen molar-refractivity contribution in [2.45, 2.75) is 75.7 Å². The van der Waals surface area contributed by atoms with E-state index in [0.717, 1.165) is 30.5 Å². The van der Waals surface area contributed by atoms with Gasteiger partial charge in [-0.2, -0.15) is 0 Å². The maximum atomic E-state index is 13.5. The highest BCUT2D eigenvalue weighted by molar-refractivity contribution is 6.62. The van der Waals surface area contributed by atoms with E-state index in [0.29, 0.717) is 24.0 Å². The molecule has 0 radical (unpaired) electrons. The van der Waals surface area contributed by atoms with Crippen molar-refractivity contribution in [3.63, 3.8) is 0 Å². The van der Waals surface area contributed by atoms with Gasteiger partial charge in [-0.25, -0.2) is 0 Å². The van der Waals surface area contributed by atoms with Gasteiger partial charge in [0.1, 0.15) is 0 Å². The fourth-order valence-electron chi connectivity index (χ4n) is 6.05. The number of carbonyl (C=O) groups excluding carboxylic acids is 2. The summed E-state index contributed by atoms with van der Waals surface area (Å²) in [6, 6.07) is 15.1. The Morgan fingerprint density at radius 3 is 1.88 bits per heavy atom. The molecule has 2 saturated heterocycles. The molecule has 1 saturated carbocycles. The highest BCUT2D eigenvalue weighted by Crippen LogP contribution is 2.59. The fourth-order valence-corrected chi connectivity index (χ4v) is 6.05. The zero-order valence-electron chi connectivity index (χ0n) is 20.2. The third-order valence-electron chi connectivity index (χ3n) is 8.61. The third kappa shape index (κ3) is 2.93. The first kappa shape index (κ1) is 22.0. The zero-order valence-corrected chi connectivity index (χ0v) is 20.2. The molecular formula is C27H30BNO5. The summed E-state index contributed by atoms with van der Waals surface area (Å²) in [4.78, 5) is 28.4. The quantitative estimate of drug-likeness (QED) is 0.516. The van der Waals surface area contributed by atoms with E-state index in [4.69, 9.17) is 14.0 Å². The molecule has 0 unspecified atom stereocenters. The van der Waals surface area contributed by atoms with Crippen LogP contribution in [0.15, 0.2) is 48.5 Å². The highest BCUT2D eigenvalue weighted by Gasteiger charge is 2.64. The van der Waals surface area contributed by atoms with E-state index in [-0.39, 0.29) is 17.4 Å². The molecule has 0 N–H and O–H groups in total. The van der Waals surface area contributed by atoms with Crippen molar-refractivity contribution in [2.75, 3.05) is 6.61 Å². The summed E-state index contributed by atoms with van der Waals surface area (Å²) in [6.07, 6.45) is 3.23. The molecule has 6 rings (SSSR count). The van der Waals surface area contributed by atoms with E-state index in [9.17, 15) is 9.59 Å². The van der Waals surface area contributed by atoms with Gasteiger partial charge in [0.25, 0.3) is 11.8 Å². The molecule has 0 aromatic heterocycles. The number of carbonyl (C=O) groups is 2. The third-order valence-corrected chi connectivity index (χ3v) is 8.61. The summed E-state index contributed by atoms with van der Waals surface area (Å²) in [6.45, 7) is 8.88. The molecule has 3 fully saturated rings. The number of benzene rings is 2. The fraction of sp³-hybridized carbons (Fsp3) is 0.481. The molecular weight excluding hydrogens is 429 g/mol. The lowest BCUT2D eigenvalue weighted by Crippen LogP contribution is -2.64. The number of hydrogen-bond acceptors (Lipinski definition) is 5. The molecule has 3 heterocycles. The normalized spacial score (nSPS) is 31.3. The molecule has 7 heteroatoms. The standard InChI is InChI=1S/C27H30BNO5/c1-24(2)25(3,4)34-28(33-24)19-12-10-18(11-13-19)27(16-26(17-27)14-7-15-32-26)29-22(30)20-8-5-6-9-21(20)23(29)31/h5-6,8-13H,7,14-17H2,1-4H3/t26-,27-. The van der Waals surface area contributed by atoms with Crippen molar-refractivity contribution in [3.8, 4) is 0 Å². The van der Waals surface area contributed by atoms with Gasteiger partial charge in [-0.05, 0) is 63.7 Å². The van der Waals surface area contributed by atoms with Crippen molar-refractivity contribution in [2.24, 2.45) is 0 Å². The van der Waals surface area contributed by atoms with Crippen LogP contribution in [0.25, 0.3) is 0 Å². The minimum Gasteiger partial charge on any atom is -0.399 e. The van der Waals surface area contributed by atoms with Crippen LogP contribution in [-0.4, -0.2) is 47.2 Å². The van der Waals surface area contributed by atoms with Gasteiger partial charge in [0.2, 0.25) is 0 Å². The molecule has 1 spiro atoms. The van der Waals surface area contributed by atoms with Gasteiger partial charge in [0.15, 0.2) is 0 Å². The predicted octanol–water partition coefficient (Wildman–Crippen LogP) is 3.82. The lowest BCUT2D eigenvalue weighted by Gasteiger charge is -2.57. The lowest BCUT2D eigenvalue weighted by atomic mass is 9.59. The molecule has 1 aliphatic carbocycles. The second kappa shape index (κ2) is 7.03. The van der Waals surface area contributed by atoms with Gasteiger partial charge in [-0.15, -0.1) is 0 Å². The summed E-state index contributed by atoms with van der Waals surface area (Å²) in [5.74, 6) is -0.438. The Labute approximate surface area is 200 Å². The monoisotopic (exact) mass is 459 g/mol. The van der Waals surface area contributed by atoms with Crippen LogP contribution in [0, 0.1) is 0 Å². The average Bonchev–Trinajstić information content (AvgIpc) is 3.42. The van der Waals surface area contributed by atoms with Crippen LogP contribution in [0.5, 0.6) is 0 Å². The summed E-state index contributed by atoms with van der Waals surface area (Å²) in [5.41, 5.74) is 1.03. The summed E-state index contributed by atoms with van der Waals surface area (Å²) in [7, 11) is -0.458. The SMILES string of the molecule is CC1(C)OB(c2ccc([C@]3(N4C(=O)c5ccccc5C4=O)C[C@@]4(CCCO4)C3)cc2)OC1(C)C. The van der Waals surface area contributed by atoms with Crippen molar-refractivity contribution in [1.29, 1.82) is 0 Å². The second-order valence-corrected chi connectivity index (χ2v) is 11.2. The van der Waals surface area contributed by atoms with E-state index >= 15 is 0 Å². The number of ether oxygens (including phenoxy) is 1. The number of amides is 2. The molecule has 6 nitrogen and oxygen atoms in total. The van der Waals surface area contributed by atoms with Crippen LogP contribution in [0.1, 0.15) is 79.7 Å². The van der Waals surface area contributed by atoms with Crippen LogP contribution in [0.4, 0.5) is 0 Å². The molecule has 3 aliphatic heterocycles. The summed E-state index contributed by atoms with van der Waals surface area (Å²) in [5, 5.41) is 0. The molecule has 2 aromatic rings. The van der Waals surface area contributed by atoms with Gasteiger partial charge in [0.05, 0.1) is 33.5 Å². The number of nitrogens with zero attached hydrogens (tertiary/aromatic N) is 1. The van der Waals surface area contributed by atoms with Crippen molar-refractivity contribution < 1.29 is 23.6 Å². The Hall–Kier alpha value is -2.48. The number of fused-ring (bicyclic) bond motifs is 1. The summed E-state index contributed by atoms with van der Waals surface area (Å²) >= 11 is 0. The number of imide groups is 1. The van der Waals surface area contributed by atoms with Gasteiger partial charge < -0.3 is 14.0 Å². The topological polar surface area (TPSA) is 65.1 Å². The van der Waals surface area contributed by atoms with Crippen LogP contribution in [-0.2, 0) is 19.6 Å². The van der Waals surface area contributed by atoms with E-state index in [1.807, 2.05) is 64.1 Å². The first-order valence-corrected chi connectivity index (χ1v) is 12.2. The minimum absolute atomic E-state index is 0.219. The van der Waals surface area contributed by atoms with Crippen LogP contribution >= 0.6 is 0 Å². The maximum Gasteiger partial charge on any atom is 0.494 e. The first-order valence-electron chi connectivity index (χ1n) is 12.2. The average molecular weight is 459 g/mol. The predicted molar refractivity (Wildman–Crippen MR) is 128 cm³/mol. The molecule has 0 bridgehead atoms. The zero-order chi connectivity index (χ0) is 23.9. The summed E-state index contributed by atoms with van der Waals surface area (Å²) < 4.78 is 18.5. The molecule has 34 heavy (non-hydrogen) atoms. The van der Waals surface area contributed by atoms with Gasteiger partial charge >= 0.3 is 7.12 Å². The molecule has 2 aromatic carbocycles. The number of hydrogen-bond donors (Lipinski definition) is 0. The van der Waals surface area contributed by atoms with Crippen molar-refractivity contribution >= 4 is 24.4 Å². The van der Waals surface area contributed by atoms with E-state index < -0.39 is 23.9 Å². The Bertz CT molecular complexity index is 1120. The molecule has 176 valence electrons. The Balaban J connectivity index is 1.36. The lowest BCUT2D eigenvalue weighted by molar-refractivity contribution is -0.140. The Kier molecular flexibility index (Phi) is 4.55. The smallest absolute Gasteiger partial charge is 0.399 e. The van der Waals surface area contributed by atoms with Gasteiger partial charge in [-0.3, -0.25) is 14.5 Å². The maximum absolute atomic E-state index is 13.5. The minimum atomic E-state index is -0.716. The van der Waals surface area contributed by atoms with E-state index in [1.54, 1.807) is 12.1 Å². The van der Waals surface area contributed by atoms with Crippen molar-refractivity contribution in [1.82, 2.24) is 4.90 Å². The van der Waals surface area contributed by atoms with Gasteiger partial charge in [0, 0.05) is 19.4 Å². The largest absolute Gasteiger partial charge is 0.494 e. The number of rotatable bonds is 3. The second-order valence-electron chi connectivity index (χ2n) is 11.2. The first-order chi connectivity index (χ1) is 16.1. The molecule has 4 aliphatic rings. The van der Waals surface area contributed by atoms with Crippen LogP contribution < -0.4 is 5.46 Å². The Morgan fingerprint density at radius 1 is 0.824 bits per heavy atom. The van der Waals surface area contributed by atoms with E-state index in [2.05, 4.69) is 0 Å². The van der Waals surface area contributed by atoms with Crippen LogP contribution in [0.2, 0.25) is 0 Å². The molecule has 2 amide bonds. The highest BCUT2D eigenvalue weighted by atomic mass is 16.7. The van der Waals surface area contributed by atoms with Crippen molar-refractivity contribution in [3.05, 3.63) is 65.2 Å². The van der Waals surface area contributed by atoms with Gasteiger partial charge in [-0.1, -0.05) is 36.4 Å². The molecule has 0 atom stereocenters. The van der Waals surface area contributed by atoms with E-state index in [1.165, 1.54) is 4.90 Å². The Morgan fingerprint density at radius 2 is 1.38 bits per heavy atom.